The van der Waals surface area contributed by atoms with Gasteiger partial charge in [-0.2, -0.15) is 0 Å². The van der Waals surface area contributed by atoms with Gasteiger partial charge in [0.1, 0.15) is 4.33 Å². The van der Waals surface area contributed by atoms with Gasteiger partial charge in [-0.15, -0.1) is 23.2 Å². The van der Waals surface area contributed by atoms with Crippen molar-refractivity contribution in [3.8, 4) is 0 Å². The minimum Gasteiger partial charge on any atom is -0.338 e. The zero-order chi connectivity index (χ0) is 14.0. The summed E-state index contributed by atoms with van der Waals surface area (Å²) in [5.41, 5.74) is 0.513. The molecule has 0 aromatic heterocycles. The Hall–Kier alpha value is -0.350. The lowest BCUT2D eigenvalue weighted by atomic mass is 10.3. The highest BCUT2D eigenvalue weighted by Gasteiger charge is 2.50. The van der Waals surface area contributed by atoms with Crippen LogP contribution in [0.1, 0.15) is 12.8 Å². The van der Waals surface area contributed by atoms with Crippen molar-refractivity contribution in [2.45, 2.75) is 17.2 Å². The molecule has 1 fully saturated rings. The molecule has 1 aliphatic rings. The van der Waals surface area contributed by atoms with Crippen molar-refractivity contribution in [1.29, 1.82) is 0 Å². The lowest BCUT2D eigenvalue weighted by Gasteiger charge is -2.09. The number of amides is 2. The Kier molecular flexibility index (Phi) is 4.72. The van der Waals surface area contributed by atoms with Crippen LogP contribution in [0.5, 0.6) is 0 Å². The van der Waals surface area contributed by atoms with Gasteiger partial charge in [0, 0.05) is 11.6 Å². The fourth-order valence-corrected chi connectivity index (χ4v) is 2.75. The molecule has 0 spiro atoms. The van der Waals surface area contributed by atoms with Gasteiger partial charge in [-0.05, 0) is 37.0 Å². The second-order valence-electron chi connectivity index (χ2n) is 4.46. The molecule has 0 radical (unpaired) electrons. The third-order valence-corrected chi connectivity index (χ3v) is 4.39. The van der Waals surface area contributed by atoms with Crippen molar-refractivity contribution < 1.29 is 4.79 Å². The molecule has 1 aliphatic carbocycles. The first kappa shape index (κ1) is 15.0. The molecule has 0 bridgehead atoms. The van der Waals surface area contributed by atoms with E-state index in [1.807, 2.05) is 0 Å². The number of rotatable bonds is 4. The number of hydrogen-bond donors (Lipinski definition) is 2. The fraction of sp³-hybridized carbons (Fsp3) is 0.417. The van der Waals surface area contributed by atoms with E-state index in [0.29, 0.717) is 22.3 Å². The van der Waals surface area contributed by atoms with Crippen LogP contribution in [-0.2, 0) is 0 Å². The summed E-state index contributed by atoms with van der Waals surface area (Å²) in [6.45, 7) is 0.517. The lowest BCUT2D eigenvalue weighted by Crippen LogP contribution is -2.30. The molecule has 2 amide bonds. The first-order valence-electron chi connectivity index (χ1n) is 5.76. The molecule has 1 atom stereocenters. The Morgan fingerprint density at radius 1 is 1.37 bits per heavy atom. The van der Waals surface area contributed by atoms with Crippen LogP contribution in [0.15, 0.2) is 18.2 Å². The van der Waals surface area contributed by atoms with E-state index in [9.17, 15) is 4.79 Å². The summed E-state index contributed by atoms with van der Waals surface area (Å²) in [5, 5.41) is 6.28. The van der Waals surface area contributed by atoms with Crippen molar-refractivity contribution in [1.82, 2.24) is 5.32 Å². The van der Waals surface area contributed by atoms with Crippen LogP contribution in [0.4, 0.5) is 10.5 Å². The van der Waals surface area contributed by atoms with Crippen LogP contribution < -0.4 is 10.6 Å². The van der Waals surface area contributed by atoms with Gasteiger partial charge in [-0.25, -0.2) is 4.79 Å². The van der Waals surface area contributed by atoms with Gasteiger partial charge < -0.3 is 10.6 Å². The molecule has 7 heteroatoms. The highest BCUT2D eigenvalue weighted by molar-refractivity contribution is 6.50. The minimum absolute atomic E-state index is 0.259. The normalized spacial score (nSPS) is 19.9. The molecule has 0 aliphatic heterocycles. The maximum atomic E-state index is 11.6. The largest absolute Gasteiger partial charge is 0.338 e. The number of urea groups is 1. The van der Waals surface area contributed by atoms with Gasteiger partial charge in [-0.3, -0.25) is 0 Å². The molecular formula is C12H12Cl4N2O. The average molecular weight is 342 g/mol. The highest BCUT2D eigenvalue weighted by Crippen LogP contribution is 2.54. The predicted octanol–water partition coefficient (Wildman–Crippen LogP) is 4.70. The number of nitrogens with one attached hydrogen (secondary N) is 2. The first-order valence-corrected chi connectivity index (χ1v) is 7.27. The summed E-state index contributed by atoms with van der Waals surface area (Å²) in [7, 11) is 0. The number of carbonyl (C=O) groups excluding carboxylic acids is 1. The molecular weight excluding hydrogens is 330 g/mol. The minimum atomic E-state index is -0.600. The SMILES string of the molecule is O=C(NCCC1CC1(Cl)Cl)Nc1ccc(Cl)cc1Cl. The zero-order valence-electron chi connectivity index (χ0n) is 9.85. The molecule has 2 N–H and O–H groups in total. The topological polar surface area (TPSA) is 41.1 Å². The number of carbonyl (C=O) groups is 1. The Labute approximate surface area is 131 Å². The molecule has 1 aromatic carbocycles. The number of anilines is 1. The van der Waals surface area contributed by atoms with Crippen LogP contribution in [-0.4, -0.2) is 16.9 Å². The lowest BCUT2D eigenvalue weighted by molar-refractivity contribution is 0.252. The van der Waals surface area contributed by atoms with Gasteiger partial charge in [0.05, 0.1) is 10.7 Å². The standard InChI is InChI=1S/C12H12Cl4N2O/c13-8-1-2-10(9(14)5-8)18-11(19)17-4-3-7-6-12(7,15)16/h1-2,5,7H,3-4,6H2,(H2,17,18,19). The molecule has 0 heterocycles. The molecule has 2 rings (SSSR count). The third-order valence-electron chi connectivity index (χ3n) is 2.91. The van der Waals surface area contributed by atoms with Gasteiger partial charge in [0.15, 0.2) is 0 Å². The molecule has 1 unspecified atom stereocenters. The van der Waals surface area contributed by atoms with Crippen LogP contribution in [0, 0.1) is 5.92 Å². The molecule has 19 heavy (non-hydrogen) atoms. The number of alkyl halides is 2. The van der Waals surface area contributed by atoms with Crippen molar-refractivity contribution in [3.05, 3.63) is 28.2 Å². The van der Waals surface area contributed by atoms with E-state index < -0.39 is 4.33 Å². The third kappa shape index (κ3) is 4.32. The molecule has 1 saturated carbocycles. The monoisotopic (exact) mass is 340 g/mol. The van der Waals surface area contributed by atoms with Crippen LogP contribution >= 0.6 is 46.4 Å². The second kappa shape index (κ2) is 5.96. The summed E-state index contributed by atoms with van der Waals surface area (Å²) in [6, 6.07) is 4.55. The molecule has 1 aromatic rings. The van der Waals surface area contributed by atoms with E-state index in [-0.39, 0.29) is 11.9 Å². The van der Waals surface area contributed by atoms with Gasteiger partial charge in [0.2, 0.25) is 0 Å². The van der Waals surface area contributed by atoms with Crippen molar-refractivity contribution in [2.24, 2.45) is 5.92 Å². The van der Waals surface area contributed by atoms with E-state index >= 15 is 0 Å². The molecule has 0 saturated heterocycles. The van der Waals surface area contributed by atoms with Crippen LogP contribution in [0.2, 0.25) is 10.0 Å². The molecule has 3 nitrogen and oxygen atoms in total. The maximum Gasteiger partial charge on any atom is 0.319 e. The number of benzene rings is 1. The first-order chi connectivity index (χ1) is 8.88. The fourth-order valence-electron chi connectivity index (χ4n) is 1.70. The van der Waals surface area contributed by atoms with E-state index in [1.165, 1.54) is 0 Å². The Morgan fingerprint density at radius 3 is 2.63 bits per heavy atom. The smallest absolute Gasteiger partial charge is 0.319 e. The quantitative estimate of drug-likeness (QED) is 0.766. The predicted molar refractivity (Wildman–Crippen MR) is 80.6 cm³/mol. The van der Waals surface area contributed by atoms with E-state index in [4.69, 9.17) is 46.4 Å². The second-order valence-corrected chi connectivity index (χ2v) is 6.84. The van der Waals surface area contributed by atoms with Gasteiger partial charge >= 0.3 is 6.03 Å². The molecule has 104 valence electrons. The zero-order valence-corrected chi connectivity index (χ0v) is 12.9. The summed E-state index contributed by atoms with van der Waals surface area (Å²) in [4.78, 5) is 11.6. The van der Waals surface area contributed by atoms with Gasteiger partial charge in [-0.1, -0.05) is 23.2 Å². The summed E-state index contributed by atoms with van der Waals surface area (Å²) in [6.07, 6.45) is 1.54. The number of hydrogen-bond acceptors (Lipinski definition) is 1. The maximum absolute atomic E-state index is 11.6. The van der Waals surface area contributed by atoms with E-state index in [0.717, 1.165) is 12.8 Å². The van der Waals surface area contributed by atoms with Crippen molar-refractivity contribution in [3.63, 3.8) is 0 Å². The van der Waals surface area contributed by atoms with E-state index in [2.05, 4.69) is 10.6 Å². The Bertz CT molecular complexity index is 493. The summed E-state index contributed by atoms with van der Waals surface area (Å²) >= 11 is 23.5. The van der Waals surface area contributed by atoms with Crippen LogP contribution in [0.25, 0.3) is 0 Å². The van der Waals surface area contributed by atoms with Crippen molar-refractivity contribution >= 4 is 58.1 Å². The van der Waals surface area contributed by atoms with Crippen LogP contribution in [0.3, 0.4) is 0 Å². The van der Waals surface area contributed by atoms with Gasteiger partial charge in [0.25, 0.3) is 0 Å². The van der Waals surface area contributed by atoms with E-state index in [1.54, 1.807) is 18.2 Å². The highest BCUT2D eigenvalue weighted by atomic mass is 35.5. The summed E-state index contributed by atoms with van der Waals surface area (Å²) in [5.74, 6) is 0.259. The summed E-state index contributed by atoms with van der Waals surface area (Å²) < 4.78 is -0.600. The average Bonchev–Trinajstić information content (AvgIpc) is 2.90. The Morgan fingerprint density at radius 2 is 2.05 bits per heavy atom. The van der Waals surface area contributed by atoms with Crippen molar-refractivity contribution in [2.75, 3.05) is 11.9 Å². The Balaban J connectivity index is 1.75. The number of halogens is 4.